The number of rotatable bonds is 5. The van der Waals surface area contributed by atoms with Crippen LogP contribution in [0.25, 0.3) is 0 Å². The third-order valence-corrected chi connectivity index (χ3v) is 2.15. The van der Waals surface area contributed by atoms with E-state index in [1.807, 2.05) is 0 Å². The maximum Gasteiger partial charge on any atom is 0.332 e. The smallest absolute Gasteiger partial charge is 0.332 e. The van der Waals surface area contributed by atoms with Crippen molar-refractivity contribution in [2.75, 3.05) is 6.54 Å². The number of nitrogens with one attached hydrogen (secondary N) is 1. The number of amides is 1. The van der Waals surface area contributed by atoms with Gasteiger partial charge in [0.25, 0.3) is 5.91 Å². The summed E-state index contributed by atoms with van der Waals surface area (Å²) in [5.74, 6) is -1.60. The Labute approximate surface area is 98.3 Å². The van der Waals surface area contributed by atoms with Crippen LogP contribution in [0.2, 0.25) is 0 Å². The van der Waals surface area contributed by atoms with E-state index in [1.54, 1.807) is 19.1 Å². The van der Waals surface area contributed by atoms with Crippen molar-refractivity contribution in [3.8, 4) is 0 Å². The summed E-state index contributed by atoms with van der Waals surface area (Å²) in [5, 5.41) is 19.9. The van der Waals surface area contributed by atoms with Crippen LogP contribution in [0.1, 0.15) is 22.5 Å². The van der Waals surface area contributed by atoms with E-state index in [4.69, 9.17) is 10.2 Å². The van der Waals surface area contributed by atoms with Gasteiger partial charge in [-0.1, -0.05) is 0 Å². The van der Waals surface area contributed by atoms with E-state index >= 15 is 0 Å². The van der Waals surface area contributed by atoms with Crippen LogP contribution in [-0.4, -0.2) is 39.7 Å². The van der Waals surface area contributed by atoms with Crippen molar-refractivity contribution in [2.24, 2.45) is 0 Å². The number of aryl methyl sites for hydroxylation is 1. The maximum absolute atomic E-state index is 11.6. The van der Waals surface area contributed by atoms with Crippen molar-refractivity contribution >= 4 is 11.9 Å². The van der Waals surface area contributed by atoms with E-state index in [0.717, 1.165) is 5.69 Å². The molecule has 92 valence electrons. The van der Waals surface area contributed by atoms with E-state index < -0.39 is 12.1 Å². The van der Waals surface area contributed by atoms with Gasteiger partial charge < -0.3 is 15.5 Å². The molecule has 1 heterocycles. The molecule has 0 aromatic carbocycles. The summed E-state index contributed by atoms with van der Waals surface area (Å²) in [7, 11) is 0. The number of hydrogen-bond acceptors (Lipinski definition) is 4. The summed E-state index contributed by atoms with van der Waals surface area (Å²) in [6, 6.07) is 3.19. The molecule has 0 bridgehead atoms. The molecule has 0 radical (unpaired) electrons. The van der Waals surface area contributed by atoms with Crippen LogP contribution in [0, 0.1) is 6.92 Å². The highest BCUT2D eigenvalue weighted by Gasteiger charge is 2.13. The molecule has 0 fully saturated rings. The average Bonchev–Trinajstić information content (AvgIpc) is 2.28. The van der Waals surface area contributed by atoms with Crippen molar-refractivity contribution in [3.63, 3.8) is 0 Å². The summed E-state index contributed by atoms with van der Waals surface area (Å²) >= 11 is 0. The van der Waals surface area contributed by atoms with Gasteiger partial charge in [0.15, 0.2) is 6.10 Å². The predicted octanol–water partition coefficient (Wildman–Crippen LogP) is -0.0446. The molecule has 6 nitrogen and oxygen atoms in total. The van der Waals surface area contributed by atoms with Gasteiger partial charge in [-0.2, -0.15) is 0 Å². The fourth-order valence-corrected chi connectivity index (χ4v) is 1.23. The third-order valence-electron chi connectivity index (χ3n) is 2.15. The highest BCUT2D eigenvalue weighted by Crippen LogP contribution is 2.00. The number of aliphatic hydroxyl groups is 1. The number of carbonyl (C=O) groups excluding carboxylic acids is 1. The first kappa shape index (κ1) is 13.1. The zero-order valence-corrected chi connectivity index (χ0v) is 9.38. The number of carboxylic acid groups (broad SMARTS) is 1. The Balaban J connectivity index is 2.43. The molecule has 1 rings (SSSR count). The standard InChI is InChI=1S/C11H14N2O4/c1-7-6-8(2-4-12-7)10(15)13-5-3-9(14)11(16)17/h2,4,6,9,14H,3,5H2,1H3,(H,13,15)(H,16,17)/t9-/m0/s1. The SMILES string of the molecule is Cc1cc(C(=O)NCC[C@H](O)C(=O)O)ccn1. The lowest BCUT2D eigenvalue weighted by molar-refractivity contribution is -0.146. The van der Waals surface area contributed by atoms with Gasteiger partial charge in [0.2, 0.25) is 0 Å². The van der Waals surface area contributed by atoms with E-state index in [2.05, 4.69) is 10.3 Å². The van der Waals surface area contributed by atoms with Crippen molar-refractivity contribution in [1.29, 1.82) is 0 Å². The molecule has 1 atom stereocenters. The molecule has 0 aliphatic rings. The minimum atomic E-state index is -1.45. The molecule has 0 saturated carbocycles. The van der Waals surface area contributed by atoms with Gasteiger partial charge >= 0.3 is 5.97 Å². The van der Waals surface area contributed by atoms with E-state index in [-0.39, 0.29) is 18.9 Å². The minimum Gasteiger partial charge on any atom is -0.479 e. The molecule has 6 heteroatoms. The number of aromatic nitrogens is 1. The molecule has 0 aliphatic heterocycles. The van der Waals surface area contributed by atoms with Gasteiger partial charge in [-0.15, -0.1) is 0 Å². The number of hydrogen-bond donors (Lipinski definition) is 3. The van der Waals surface area contributed by atoms with Gasteiger partial charge in [-0.05, 0) is 19.1 Å². The molecule has 1 amide bonds. The molecule has 17 heavy (non-hydrogen) atoms. The van der Waals surface area contributed by atoms with Gasteiger partial charge in [0.05, 0.1) is 0 Å². The Bertz CT molecular complexity index is 420. The zero-order valence-electron chi connectivity index (χ0n) is 9.38. The Kier molecular flexibility index (Phi) is 4.59. The lowest BCUT2D eigenvalue weighted by Gasteiger charge is -2.07. The molecule has 3 N–H and O–H groups in total. The quantitative estimate of drug-likeness (QED) is 0.668. The minimum absolute atomic E-state index is 0.0227. The van der Waals surface area contributed by atoms with Gasteiger partial charge in [-0.25, -0.2) is 4.79 Å². The Morgan fingerprint density at radius 2 is 2.24 bits per heavy atom. The lowest BCUT2D eigenvalue weighted by Crippen LogP contribution is -2.30. The second kappa shape index (κ2) is 5.95. The molecule has 1 aromatic rings. The van der Waals surface area contributed by atoms with Crippen LogP contribution in [0.4, 0.5) is 0 Å². The van der Waals surface area contributed by atoms with Gasteiger partial charge in [-0.3, -0.25) is 9.78 Å². The second-order valence-corrected chi connectivity index (χ2v) is 3.58. The molecule has 0 aliphatic carbocycles. The van der Waals surface area contributed by atoms with E-state index in [9.17, 15) is 9.59 Å². The highest BCUT2D eigenvalue weighted by molar-refractivity contribution is 5.94. The fraction of sp³-hybridized carbons (Fsp3) is 0.364. The normalized spacial score (nSPS) is 11.9. The number of carboxylic acids is 1. The second-order valence-electron chi connectivity index (χ2n) is 3.58. The van der Waals surface area contributed by atoms with Gasteiger partial charge in [0, 0.05) is 30.4 Å². The first-order chi connectivity index (χ1) is 8.00. The van der Waals surface area contributed by atoms with Crippen molar-refractivity contribution < 1.29 is 19.8 Å². The fourth-order valence-electron chi connectivity index (χ4n) is 1.23. The predicted molar refractivity (Wildman–Crippen MR) is 59.6 cm³/mol. The Morgan fingerprint density at radius 3 is 2.82 bits per heavy atom. The van der Waals surface area contributed by atoms with Crippen molar-refractivity contribution in [1.82, 2.24) is 10.3 Å². The van der Waals surface area contributed by atoms with E-state index in [1.165, 1.54) is 6.20 Å². The summed E-state index contributed by atoms with van der Waals surface area (Å²) < 4.78 is 0. The monoisotopic (exact) mass is 238 g/mol. The molecule has 0 spiro atoms. The zero-order chi connectivity index (χ0) is 12.8. The average molecular weight is 238 g/mol. The number of aliphatic carboxylic acids is 1. The Hall–Kier alpha value is -1.95. The van der Waals surface area contributed by atoms with Crippen LogP contribution >= 0.6 is 0 Å². The molecular formula is C11H14N2O4. The molecular weight excluding hydrogens is 224 g/mol. The lowest BCUT2D eigenvalue weighted by atomic mass is 10.2. The largest absolute Gasteiger partial charge is 0.479 e. The van der Waals surface area contributed by atoms with Crippen molar-refractivity contribution in [2.45, 2.75) is 19.4 Å². The third kappa shape index (κ3) is 4.20. The van der Waals surface area contributed by atoms with Crippen LogP contribution < -0.4 is 5.32 Å². The van der Waals surface area contributed by atoms with Crippen molar-refractivity contribution in [3.05, 3.63) is 29.6 Å². The van der Waals surface area contributed by atoms with Crippen LogP contribution in [0.3, 0.4) is 0 Å². The molecule has 0 saturated heterocycles. The maximum atomic E-state index is 11.6. The highest BCUT2D eigenvalue weighted by atomic mass is 16.4. The molecule has 1 aromatic heterocycles. The van der Waals surface area contributed by atoms with Crippen LogP contribution in [0.15, 0.2) is 18.3 Å². The summed E-state index contributed by atoms with van der Waals surface area (Å²) in [4.78, 5) is 25.9. The number of aliphatic hydroxyl groups excluding tert-OH is 1. The number of carbonyl (C=O) groups is 2. The summed E-state index contributed by atoms with van der Waals surface area (Å²) in [6.07, 6.45) is 0.0519. The summed E-state index contributed by atoms with van der Waals surface area (Å²) in [5.41, 5.74) is 1.19. The van der Waals surface area contributed by atoms with Gasteiger partial charge in [0.1, 0.15) is 0 Å². The number of nitrogens with zero attached hydrogens (tertiary/aromatic N) is 1. The summed E-state index contributed by atoms with van der Waals surface area (Å²) in [6.45, 7) is 1.87. The molecule has 0 unspecified atom stereocenters. The van der Waals surface area contributed by atoms with Crippen LogP contribution in [-0.2, 0) is 4.79 Å². The topological polar surface area (TPSA) is 99.5 Å². The Morgan fingerprint density at radius 1 is 1.53 bits per heavy atom. The number of pyridine rings is 1. The van der Waals surface area contributed by atoms with Crippen LogP contribution in [0.5, 0.6) is 0 Å². The van der Waals surface area contributed by atoms with E-state index in [0.29, 0.717) is 5.56 Å². The first-order valence-corrected chi connectivity index (χ1v) is 5.12. The first-order valence-electron chi connectivity index (χ1n) is 5.12.